The average molecular weight is 428 g/mol. The third kappa shape index (κ3) is 5.18. The molecular formula is C21H20N2O6S. The fourth-order valence-corrected chi connectivity index (χ4v) is 3.83. The van der Waals surface area contributed by atoms with E-state index in [4.69, 9.17) is 4.74 Å². The Morgan fingerprint density at radius 3 is 2.20 bits per heavy atom. The van der Waals surface area contributed by atoms with Gasteiger partial charge in [-0.1, -0.05) is 42.5 Å². The molecule has 0 spiro atoms. The number of carbonyl (C=O) groups excluding carboxylic acids is 3. The number of nitrogens with zero attached hydrogens (tertiary/aromatic N) is 1. The van der Waals surface area contributed by atoms with Gasteiger partial charge in [-0.25, -0.2) is 9.59 Å². The van der Waals surface area contributed by atoms with Gasteiger partial charge < -0.3 is 15.2 Å². The Morgan fingerprint density at radius 1 is 1.00 bits per heavy atom. The zero-order valence-corrected chi connectivity index (χ0v) is 16.8. The minimum atomic E-state index is -1.19. The lowest BCUT2D eigenvalue weighted by molar-refractivity contribution is -0.139. The molecule has 0 aliphatic carbocycles. The van der Waals surface area contributed by atoms with Crippen molar-refractivity contribution in [3.63, 3.8) is 0 Å². The lowest BCUT2D eigenvalue weighted by Gasteiger charge is -2.16. The first-order valence-electron chi connectivity index (χ1n) is 9.20. The van der Waals surface area contributed by atoms with E-state index in [0.717, 1.165) is 10.5 Å². The minimum Gasteiger partial charge on any atom is -0.480 e. The average Bonchev–Trinajstić information content (AvgIpc) is 3.00. The van der Waals surface area contributed by atoms with Crippen molar-refractivity contribution in [3.8, 4) is 0 Å². The van der Waals surface area contributed by atoms with E-state index in [9.17, 15) is 24.3 Å². The van der Waals surface area contributed by atoms with E-state index in [0.29, 0.717) is 16.9 Å². The molecule has 3 amide bonds. The van der Waals surface area contributed by atoms with Crippen molar-refractivity contribution in [3.05, 3.63) is 71.3 Å². The number of hydrogen-bond donors (Lipinski definition) is 2. The van der Waals surface area contributed by atoms with E-state index in [-0.39, 0.29) is 30.7 Å². The Kier molecular flexibility index (Phi) is 7.08. The van der Waals surface area contributed by atoms with Crippen molar-refractivity contribution in [1.82, 2.24) is 10.2 Å². The number of carboxylic acids is 1. The molecule has 0 aromatic heterocycles. The minimum absolute atomic E-state index is 0.0352. The number of imide groups is 1. The summed E-state index contributed by atoms with van der Waals surface area (Å²) in [6, 6.07) is 14.5. The SMILES string of the molecule is O=C(NC(CCSCN1C(=O)c2ccccc2C1=O)C(=O)O)OCc1ccccc1. The summed E-state index contributed by atoms with van der Waals surface area (Å²) >= 11 is 1.24. The largest absolute Gasteiger partial charge is 0.480 e. The van der Waals surface area contributed by atoms with Crippen molar-refractivity contribution < 1.29 is 29.0 Å². The molecule has 30 heavy (non-hydrogen) atoms. The van der Waals surface area contributed by atoms with Crippen molar-refractivity contribution >= 4 is 35.6 Å². The normalized spacial score (nSPS) is 13.7. The summed E-state index contributed by atoms with van der Waals surface area (Å²) in [7, 11) is 0. The van der Waals surface area contributed by atoms with E-state index >= 15 is 0 Å². The van der Waals surface area contributed by atoms with E-state index in [1.807, 2.05) is 18.2 Å². The number of nitrogens with one attached hydrogen (secondary N) is 1. The Hall–Kier alpha value is -3.33. The van der Waals surface area contributed by atoms with Gasteiger partial charge in [-0.2, -0.15) is 0 Å². The van der Waals surface area contributed by atoms with Crippen LogP contribution in [0, 0.1) is 0 Å². The smallest absolute Gasteiger partial charge is 0.408 e. The van der Waals surface area contributed by atoms with Crippen molar-refractivity contribution in [2.75, 3.05) is 11.6 Å². The van der Waals surface area contributed by atoms with Crippen LogP contribution in [0.3, 0.4) is 0 Å². The van der Waals surface area contributed by atoms with Crippen molar-refractivity contribution in [1.29, 1.82) is 0 Å². The summed E-state index contributed by atoms with van der Waals surface area (Å²) in [5.74, 6) is -1.48. The maximum Gasteiger partial charge on any atom is 0.408 e. The van der Waals surface area contributed by atoms with Crippen LogP contribution in [0.2, 0.25) is 0 Å². The lowest BCUT2D eigenvalue weighted by Crippen LogP contribution is -2.41. The molecule has 156 valence electrons. The first kappa shape index (κ1) is 21.4. The highest BCUT2D eigenvalue weighted by molar-refractivity contribution is 7.99. The van der Waals surface area contributed by atoms with E-state index in [1.54, 1.807) is 36.4 Å². The van der Waals surface area contributed by atoms with Gasteiger partial charge in [0, 0.05) is 0 Å². The van der Waals surface area contributed by atoms with Crippen LogP contribution >= 0.6 is 11.8 Å². The maximum atomic E-state index is 12.3. The summed E-state index contributed by atoms with van der Waals surface area (Å²) in [6.45, 7) is 0.0352. The number of ether oxygens (including phenoxy) is 1. The predicted octanol–water partition coefficient (Wildman–Crippen LogP) is 2.74. The molecule has 1 aliphatic heterocycles. The Morgan fingerprint density at radius 2 is 1.60 bits per heavy atom. The van der Waals surface area contributed by atoms with Crippen LogP contribution in [0.5, 0.6) is 0 Å². The third-order valence-electron chi connectivity index (χ3n) is 4.45. The number of hydrogen-bond acceptors (Lipinski definition) is 6. The lowest BCUT2D eigenvalue weighted by atomic mass is 10.1. The van der Waals surface area contributed by atoms with Gasteiger partial charge >= 0.3 is 12.1 Å². The molecule has 8 nitrogen and oxygen atoms in total. The highest BCUT2D eigenvalue weighted by Gasteiger charge is 2.34. The third-order valence-corrected chi connectivity index (χ3v) is 5.42. The van der Waals surface area contributed by atoms with Gasteiger partial charge in [-0.15, -0.1) is 11.8 Å². The molecule has 1 heterocycles. The molecule has 0 saturated carbocycles. The second-order valence-corrected chi connectivity index (χ2v) is 7.58. The molecule has 2 aromatic rings. The summed E-state index contributed by atoms with van der Waals surface area (Å²) in [4.78, 5) is 49.0. The fraction of sp³-hybridized carbons (Fsp3) is 0.238. The Balaban J connectivity index is 1.43. The van der Waals surface area contributed by atoms with Crippen LogP contribution in [-0.4, -0.2) is 51.6 Å². The molecule has 0 saturated heterocycles. The predicted molar refractivity (Wildman–Crippen MR) is 110 cm³/mol. The summed E-state index contributed by atoms with van der Waals surface area (Å²) in [6.07, 6.45) is -0.708. The number of alkyl carbamates (subject to hydrolysis) is 1. The Bertz CT molecular complexity index is 915. The molecular weight excluding hydrogens is 408 g/mol. The van der Waals surface area contributed by atoms with Gasteiger partial charge in [0.1, 0.15) is 12.6 Å². The number of rotatable bonds is 9. The van der Waals surface area contributed by atoms with E-state index in [2.05, 4.69) is 5.32 Å². The van der Waals surface area contributed by atoms with Crippen LogP contribution in [0.1, 0.15) is 32.7 Å². The van der Waals surface area contributed by atoms with E-state index < -0.39 is 18.1 Å². The summed E-state index contributed by atoms with van der Waals surface area (Å²) < 4.78 is 5.04. The second kappa shape index (κ2) is 9.93. The quantitative estimate of drug-likeness (QED) is 0.466. The van der Waals surface area contributed by atoms with Crippen molar-refractivity contribution in [2.45, 2.75) is 19.1 Å². The standard InChI is InChI=1S/C21H20N2O6S/c24-18-15-8-4-5-9-16(15)19(25)23(18)13-30-11-10-17(20(26)27)22-21(28)29-12-14-6-2-1-3-7-14/h1-9,17H,10-13H2,(H,22,28)(H,26,27). The number of thioether (sulfide) groups is 1. The first-order chi connectivity index (χ1) is 14.5. The molecule has 2 N–H and O–H groups in total. The van der Waals surface area contributed by atoms with Gasteiger partial charge in [0.05, 0.1) is 17.0 Å². The van der Waals surface area contributed by atoms with Crippen LogP contribution in [0.4, 0.5) is 4.79 Å². The van der Waals surface area contributed by atoms with Gasteiger partial charge in [-0.3, -0.25) is 14.5 Å². The number of amides is 3. The molecule has 1 aliphatic rings. The number of fused-ring (bicyclic) bond motifs is 1. The van der Waals surface area contributed by atoms with E-state index in [1.165, 1.54) is 11.8 Å². The van der Waals surface area contributed by atoms with Gasteiger partial charge in [-0.05, 0) is 29.9 Å². The Labute approximate surface area is 177 Å². The van der Waals surface area contributed by atoms with Gasteiger partial charge in [0.2, 0.25) is 0 Å². The molecule has 3 rings (SSSR count). The summed E-state index contributed by atoms with van der Waals surface area (Å²) in [5, 5.41) is 11.6. The number of carboxylic acid groups (broad SMARTS) is 1. The zero-order valence-electron chi connectivity index (χ0n) is 15.9. The summed E-state index contributed by atoms with van der Waals surface area (Å²) in [5.41, 5.74) is 1.53. The highest BCUT2D eigenvalue weighted by atomic mass is 32.2. The zero-order chi connectivity index (χ0) is 21.5. The highest BCUT2D eigenvalue weighted by Crippen LogP contribution is 2.24. The molecule has 0 fully saturated rings. The number of benzene rings is 2. The van der Waals surface area contributed by atoms with Crippen LogP contribution in [0.15, 0.2) is 54.6 Å². The fourth-order valence-electron chi connectivity index (χ4n) is 2.88. The molecule has 0 bridgehead atoms. The molecule has 0 radical (unpaired) electrons. The van der Waals surface area contributed by atoms with Gasteiger partial charge in [0.25, 0.3) is 11.8 Å². The van der Waals surface area contributed by atoms with Crippen LogP contribution in [-0.2, 0) is 16.1 Å². The van der Waals surface area contributed by atoms with Crippen LogP contribution < -0.4 is 5.32 Å². The molecule has 2 aromatic carbocycles. The van der Waals surface area contributed by atoms with Crippen molar-refractivity contribution in [2.24, 2.45) is 0 Å². The molecule has 1 atom stereocenters. The number of carbonyl (C=O) groups is 4. The second-order valence-electron chi connectivity index (χ2n) is 6.51. The maximum absolute atomic E-state index is 12.3. The molecule has 1 unspecified atom stereocenters. The monoisotopic (exact) mass is 428 g/mol. The van der Waals surface area contributed by atoms with Gasteiger partial charge in [0.15, 0.2) is 0 Å². The number of aliphatic carboxylic acids is 1. The molecule has 9 heteroatoms. The topological polar surface area (TPSA) is 113 Å². The van der Waals surface area contributed by atoms with Crippen LogP contribution in [0.25, 0.3) is 0 Å². The first-order valence-corrected chi connectivity index (χ1v) is 10.4.